The molecule has 0 bridgehead atoms. The van der Waals surface area contributed by atoms with Gasteiger partial charge in [0.2, 0.25) is 0 Å². The number of alkyl halides is 3. The lowest BCUT2D eigenvalue weighted by Gasteiger charge is -2.41. The van der Waals surface area contributed by atoms with E-state index >= 15 is 0 Å². The topological polar surface area (TPSA) is 94.6 Å². The quantitative estimate of drug-likeness (QED) is 0.196. The number of cyclic esters (lactones) is 1. The second-order valence-corrected chi connectivity index (χ2v) is 14.2. The van der Waals surface area contributed by atoms with Crippen LogP contribution in [-0.2, 0) is 36.9 Å². The van der Waals surface area contributed by atoms with Gasteiger partial charge in [-0.2, -0.15) is 21.6 Å². The van der Waals surface area contributed by atoms with Crippen LogP contribution in [0.2, 0.25) is 0 Å². The number of sulfonamides is 1. The minimum Gasteiger partial charge on any atom is -0.492 e. The van der Waals surface area contributed by atoms with Gasteiger partial charge in [0.25, 0.3) is 10.0 Å². The van der Waals surface area contributed by atoms with Crippen molar-refractivity contribution in [3.05, 3.63) is 101 Å². The van der Waals surface area contributed by atoms with E-state index in [1.54, 1.807) is 18.2 Å². The Morgan fingerprint density at radius 3 is 2.30 bits per heavy atom. The zero-order chi connectivity index (χ0) is 33.8. The number of carbonyl (C=O) groups is 1. The van der Waals surface area contributed by atoms with Gasteiger partial charge in [-0.05, 0) is 81.8 Å². The van der Waals surface area contributed by atoms with Crippen molar-refractivity contribution in [1.29, 1.82) is 0 Å². The molecule has 7 nitrogen and oxygen atoms in total. The molecule has 248 valence electrons. The van der Waals surface area contributed by atoms with Crippen LogP contribution in [0.25, 0.3) is 0 Å². The number of ether oxygens (including phenoxy) is 2. The van der Waals surface area contributed by atoms with Gasteiger partial charge in [-0.15, -0.1) is 0 Å². The second-order valence-electron chi connectivity index (χ2n) is 12.6. The average molecular weight is 659 g/mol. The molecule has 0 radical (unpaired) electrons. The van der Waals surface area contributed by atoms with E-state index in [1.807, 2.05) is 45.9 Å². The van der Waals surface area contributed by atoms with Crippen LogP contribution in [0.3, 0.4) is 0 Å². The first-order valence-corrected chi connectivity index (χ1v) is 16.9. The van der Waals surface area contributed by atoms with E-state index in [0.717, 1.165) is 24.5 Å². The number of nitrogens with zero attached hydrogens (tertiary/aromatic N) is 1. The molecule has 0 saturated carbocycles. The van der Waals surface area contributed by atoms with Gasteiger partial charge >= 0.3 is 12.1 Å². The second kappa shape index (κ2) is 13.9. The summed E-state index contributed by atoms with van der Waals surface area (Å²) in [6, 6.07) is 18.1. The van der Waals surface area contributed by atoms with Gasteiger partial charge < -0.3 is 9.47 Å². The third kappa shape index (κ3) is 8.69. The van der Waals surface area contributed by atoms with E-state index in [1.165, 1.54) is 6.07 Å². The van der Waals surface area contributed by atoms with Crippen molar-refractivity contribution in [2.24, 2.45) is 0 Å². The van der Waals surface area contributed by atoms with Gasteiger partial charge in [0, 0.05) is 24.2 Å². The molecule has 0 amide bonds. The zero-order valence-corrected chi connectivity index (χ0v) is 27.6. The first-order valence-electron chi connectivity index (χ1n) is 15.4. The molecule has 2 atom stereocenters. The smallest absolute Gasteiger partial charge is 0.417 e. The molecule has 0 unspecified atom stereocenters. The summed E-state index contributed by atoms with van der Waals surface area (Å²) in [5.41, 5.74) is -0.0204. The molecule has 0 spiro atoms. The van der Waals surface area contributed by atoms with Crippen molar-refractivity contribution in [3.8, 4) is 0 Å². The number of esters is 1. The molecule has 3 aromatic rings. The molecular weight excluding hydrogens is 617 g/mol. The molecule has 46 heavy (non-hydrogen) atoms. The summed E-state index contributed by atoms with van der Waals surface area (Å²) in [5, 5.41) is -0.555. The maximum absolute atomic E-state index is 14.0. The summed E-state index contributed by atoms with van der Waals surface area (Å²) in [6.07, 6.45) is -0.414. The maximum atomic E-state index is 14.0. The van der Waals surface area contributed by atoms with Crippen molar-refractivity contribution < 1.29 is 35.9 Å². The lowest BCUT2D eigenvalue weighted by molar-refractivity contribution is -0.163. The number of anilines is 1. The Bertz CT molecular complexity index is 1650. The van der Waals surface area contributed by atoms with Crippen LogP contribution in [0.15, 0.2) is 89.3 Å². The summed E-state index contributed by atoms with van der Waals surface area (Å²) in [7, 11) is -4.30. The molecule has 2 aromatic carbocycles. The molecule has 4 rings (SSSR count). The number of nitrogens with one attached hydrogen (secondary N) is 1. The van der Waals surface area contributed by atoms with E-state index in [2.05, 4.69) is 28.8 Å². The summed E-state index contributed by atoms with van der Waals surface area (Å²) >= 11 is 0. The van der Waals surface area contributed by atoms with Crippen LogP contribution in [-0.4, -0.2) is 30.6 Å². The summed E-state index contributed by atoms with van der Waals surface area (Å²) in [5.74, 6) is -0.372. The summed E-state index contributed by atoms with van der Waals surface area (Å²) < 4.78 is 80.1. The molecular formula is C35H41F3N2O5S. The highest BCUT2D eigenvalue weighted by atomic mass is 32.2. The van der Waals surface area contributed by atoms with Crippen LogP contribution >= 0.6 is 0 Å². The highest BCUT2D eigenvalue weighted by Crippen LogP contribution is 2.44. The normalized spacial score (nSPS) is 18.2. The van der Waals surface area contributed by atoms with E-state index in [4.69, 9.17) is 9.47 Å². The molecule has 1 aromatic heterocycles. The van der Waals surface area contributed by atoms with Crippen LogP contribution in [0.4, 0.5) is 18.9 Å². The number of aromatic nitrogens is 1. The van der Waals surface area contributed by atoms with Crippen molar-refractivity contribution in [2.75, 3.05) is 4.72 Å². The minimum atomic E-state index is -4.64. The largest absolute Gasteiger partial charge is 0.492 e. The zero-order valence-electron chi connectivity index (χ0n) is 26.8. The first kappa shape index (κ1) is 35.0. The fraction of sp³-hybridized carbons (Fsp3) is 0.429. The Kier molecular flexibility index (Phi) is 10.6. The van der Waals surface area contributed by atoms with Crippen molar-refractivity contribution in [3.63, 3.8) is 0 Å². The fourth-order valence-corrected chi connectivity index (χ4v) is 6.78. The Labute approximate surface area is 269 Å². The number of aryl methyl sites for hydroxylation is 1. The number of carbonyl (C=O) groups excluding carboxylic acids is 1. The highest BCUT2D eigenvalue weighted by Gasteiger charge is 2.44. The number of benzene rings is 2. The summed E-state index contributed by atoms with van der Waals surface area (Å²) in [4.78, 5) is 17.5. The molecule has 2 heterocycles. The van der Waals surface area contributed by atoms with Crippen LogP contribution < -0.4 is 4.72 Å². The van der Waals surface area contributed by atoms with Gasteiger partial charge in [-0.25, -0.2) is 9.78 Å². The molecule has 0 aliphatic carbocycles. The molecule has 0 fully saturated rings. The van der Waals surface area contributed by atoms with E-state index in [-0.39, 0.29) is 5.69 Å². The lowest BCUT2D eigenvalue weighted by atomic mass is 9.79. The minimum absolute atomic E-state index is 0.170. The van der Waals surface area contributed by atoms with Crippen molar-refractivity contribution in [1.82, 2.24) is 4.98 Å². The Morgan fingerprint density at radius 1 is 1.00 bits per heavy atom. The first-order chi connectivity index (χ1) is 21.6. The Morgan fingerprint density at radius 2 is 1.72 bits per heavy atom. The number of hydrogen-bond acceptors (Lipinski definition) is 6. The van der Waals surface area contributed by atoms with E-state index < -0.39 is 49.9 Å². The predicted octanol–water partition coefficient (Wildman–Crippen LogP) is 8.58. The molecule has 1 aliphatic rings. The van der Waals surface area contributed by atoms with Crippen molar-refractivity contribution in [2.45, 2.75) is 101 Å². The Balaban J connectivity index is 1.67. The van der Waals surface area contributed by atoms with Gasteiger partial charge in [-0.1, -0.05) is 62.7 Å². The van der Waals surface area contributed by atoms with Gasteiger partial charge in [0.05, 0.1) is 11.1 Å². The lowest BCUT2D eigenvalue weighted by Crippen LogP contribution is -2.43. The van der Waals surface area contributed by atoms with Crippen molar-refractivity contribution >= 4 is 21.7 Å². The Hall–Kier alpha value is -3.86. The third-order valence-electron chi connectivity index (χ3n) is 7.80. The van der Waals surface area contributed by atoms with Crippen LogP contribution in [0, 0.1) is 0 Å². The average Bonchev–Trinajstić information content (AvgIpc) is 2.97. The fourth-order valence-electron chi connectivity index (χ4n) is 5.80. The molecule has 1 N–H and O–H groups in total. The maximum Gasteiger partial charge on any atom is 0.417 e. The third-order valence-corrected chi connectivity index (χ3v) is 9.09. The SMILES string of the molecule is CCC[C@@]1(CCc2ccccc2)CC(OC(C)(C)C)=C([C@H](CC)c2cccc(NS(=O)(=O)c3ccc(C(F)(F)F)cn3)c2)C(=O)O1. The van der Waals surface area contributed by atoms with E-state index in [9.17, 15) is 26.4 Å². The monoisotopic (exact) mass is 658 g/mol. The summed E-state index contributed by atoms with van der Waals surface area (Å²) in [6.45, 7) is 9.76. The molecule has 11 heteroatoms. The van der Waals surface area contributed by atoms with Crippen LogP contribution in [0.1, 0.15) is 89.3 Å². The standard InChI is InChI=1S/C35H41F3N2O5S/c1-6-19-34(20-18-24-12-9-8-10-13-24)22-29(44-33(3,4)5)31(32(41)45-34)28(7-2)25-14-11-15-27(21-25)40-46(42,43)30-17-16-26(23-39-30)35(36,37)38/h8-17,21,23,28,40H,6-7,18-20,22H2,1-5H3/t28-,34-/m1/s1. The van der Waals surface area contributed by atoms with Crippen LogP contribution in [0.5, 0.6) is 0 Å². The number of rotatable bonds is 12. The van der Waals surface area contributed by atoms with Gasteiger partial charge in [0.1, 0.15) is 17.0 Å². The van der Waals surface area contributed by atoms with Gasteiger partial charge in [-0.3, -0.25) is 4.72 Å². The molecule has 1 aliphatic heterocycles. The number of pyridine rings is 1. The highest BCUT2D eigenvalue weighted by molar-refractivity contribution is 7.92. The predicted molar refractivity (Wildman–Crippen MR) is 170 cm³/mol. The number of hydrogen-bond donors (Lipinski definition) is 1. The van der Waals surface area contributed by atoms with E-state index in [0.29, 0.717) is 54.8 Å². The number of halogens is 3. The molecule has 0 saturated heterocycles. The van der Waals surface area contributed by atoms with Gasteiger partial charge in [0.15, 0.2) is 5.03 Å².